The van der Waals surface area contributed by atoms with Crippen molar-refractivity contribution in [3.8, 4) is 0 Å². The summed E-state index contributed by atoms with van der Waals surface area (Å²) in [5.74, 6) is -8.81. The van der Waals surface area contributed by atoms with Crippen LogP contribution in [0.4, 0.5) is 22.5 Å². The molecular weight excluding hydrogens is 1200 g/mol. The Morgan fingerprint density at radius 2 is 1.56 bits per heavy atom. The van der Waals surface area contributed by atoms with Gasteiger partial charge in [0.2, 0.25) is 11.7 Å². The summed E-state index contributed by atoms with van der Waals surface area (Å²) in [5.41, 5.74) is 2.87. The number of carbonyl (C=O) groups is 6. The minimum absolute atomic E-state index is 0.0146. The number of rotatable bonds is 14. The number of ketones is 2. The highest BCUT2D eigenvalue weighted by atomic mass is 35.5. The number of halogens is 1. The van der Waals surface area contributed by atoms with E-state index in [9.17, 15) is 49.2 Å². The summed E-state index contributed by atoms with van der Waals surface area (Å²) in [6.45, 7) is 16.4. The molecule has 0 bridgehead atoms. The second-order valence-electron chi connectivity index (χ2n) is 25.5. The van der Waals surface area contributed by atoms with Crippen LogP contribution in [0, 0.1) is 49.4 Å². The zero-order valence-corrected chi connectivity index (χ0v) is 55.7. The number of benzene rings is 1. The Labute approximate surface area is 538 Å². The van der Waals surface area contributed by atoms with Crippen LogP contribution in [0.5, 0.6) is 0 Å². The molecule has 1 aromatic carbocycles. The number of aromatic nitrogens is 3. The second-order valence-corrected chi connectivity index (χ2v) is 27.0. The smallest absolute Gasteiger partial charge is 0.329 e. The zero-order chi connectivity index (χ0) is 65.7. The Hall–Kier alpha value is -5.76. The molecule has 3 fully saturated rings. The van der Waals surface area contributed by atoms with Crippen molar-refractivity contribution in [3.05, 3.63) is 75.0 Å². The van der Waals surface area contributed by atoms with Crippen molar-refractivity contribution in [2.24, 2.45) is 35.5 Å². The maximum absolute atomic E-state index is 14.8. The summed E-state index contributed by atoms with van der Waals surface area (Å²) >= 11 is 7.52. The fourth-order valence-electron chi connectivity index (χ4n) is 13.2. The van der Waals surface area contributed by atoms with Gasteiger partial charge < -0.3 is 64.7 Å². The number of methoxy groups -OCH3 is 3. The summed E-state index contributed by atoms with van der Waals surface area (Å²) in [6.07, 6.45) is 5.12. The van der Waals surface area contributed by atoms with Crippen molar-refractivity contribution in [1.82, 2.24) is 24.8 Å². The highest BCUT2D eigenvalue weighted by molar-refractivity contribution is 7.17. The van der Waals surface area contributed by atoms with Gasteiger partial charge in [0.1, 0.15) is 40.3 Å². The van der Waals surface area contributed by atoms with Gasteiger partial charge in [-0.15, -0.1) is 0 Å². The summed E-state index contributed by atoms with van der Waals surface area (Å²) in [6, 6.07) is 5.93. The number of allylic oxidation sites excluding steroid dienone is 3. The molecule has 22 nitrogen and oxygen atoms in total. The first kappa shape index (κ1) is 71.7. The molecule has 1 saturated carbocycles. The third-order valence-corrected chi connectivity index (χ3v) is 19.9. The van der Waals surface area contributed by atoms with Crippen molar-refractivity contribution in [2.45, 2.75) is 187 Å². The molecule has 0 spiro atoms. The van der Waals surface area contributed by atoms with Crippen LogP contribution in [-0.2, 0) is 42.9 Å². The van der Waals surface area contributed by atoms with Gasteiger partial charge in [0, 0.05) is 96.6 Å². The van der Waals surface area contributed by atoms with Gasteiger partial charge in [-0.3, -0.25) is 24.0 Å². The third-order valence-electron chi connectivity index (χ3n) is 18.7. The van der Waals surface area contributed by atoms with Crippen LogP contribution in [0.1, 0.15) is 146 Å². The second kappa shape index (κ2) is 32.7. The molecule has 13 atom stereocenters. The minimum Gasteiger partial charge on any atom is -0.456 e. The van der Waals surface area contributed by atoms with E-state index in [0.29, 0.717) is 128 Å². The number of Topliss-reactive ketones (excluding diaryl/α,β-unsaturated/α-hetero) is 2. The van der Waals surface area contributed by atoms with E-state index in [2.05, 4.69) is 32.4 Å². The van der Waals surface area contributed by atoms with Crippen LogP contribution in [0.2, 0.25) is 5.02 Å². The molecule has 1 aliphatic carbocycles. The van der Waals surface area contributed by atoms with Crippen LogP contribution in [0.15, 0.2) is 53.8 Å². The Morgan fingerprint density at radius 3 is 2.24 bits per heavy atom. The van der Waals surface area contributed by atoms with E-state index in [4.69, 9.17) is 35.5 Å². The number of hydrogen-bond donors (Lipinski definition) is 6. The van der Waals surface area contributed by atoms with E-state index < -0.39 is 77.8 Å². The topological polar surface area (TPSA) is 293 Å². The molecule has 5 heterocycles. The SMILES string of the molecule is CO[C@H]1C[C@@H](C)C/C(C)=C/[C@@H](CCCC(=O)N2CCN(c3cc(Nc4ncc(C(=O)Nc5c(C)cccc5Cl)s4)nc(C)n3)CC2)C(=O)C[C@H](O)[C@@H](C)[C@@H](/C(C)=C/[C@@H]2CC[C@@H](O)[C@H](OC)C2)OC(=O)[C@@H]2CCCCN2C(=O)C(=O)C(O)(O)[C@H](C)C[C@H](OC)[C@@H]1C. The summed E-state index contributed by atoms with van der Waals surface area (Å²) < 4.78 is 23.9. The standard InChI is InChI=1S/C66H95ClN8O14S/c1-37-28-38(2)30-52(86-9)43(7)53(87-10)32-41(5)66(84,85)61(80)63(82)75-23-13-12-19-48(75)64(83)89-60(40(4)31-45-21-22-49(76)54(33-45)88-11)42(6)50(77)34-51(78)46(29-37)17-15-20-58(79)74-26-24-73(25-27-74)57-35-56(69-44(8)70-57)71-65-68-36-55(90-65)62(81)72-59-39(3)16-14-18-47(59)67/h14,16,18,29,31,35-36,38,41-43,45-46,48-50,52-54,60,76-77,84-85H,12-13,15,17,19-28,30,32-34H2,1-11H3,(H,72,81)(H,68,69,70,71)/b37-29+,40-31+/t38-,41+,42+,43+,45-,46+,48-,49+,50-,52-,53-,54+,60+/m0/s1. The summed E-state index contributed by atoms with van der Waals surface area (Å²) in [5, 5.41) is 52.8. The van der Waals surface area contributed by atoms with Crippen molar-refractivity contribution >= 4 is 80.6 Å². The van der Waals surface area contributed by atoms with Gasteiger partial charge in [0.15, 0.2) is 5.13 Å². The van der Waals surface area contributed by atoms with Crippen LogP contribution in [-0.4, -0.2) is 183 Å². The molecule has 496 valence electrons. The van der Waals surface area contributed by atoms with Gasteiger partial charge in [-0.1, -0.05) is 80.5 Å². The van der Waals surface area contributed by atoms with Gasteiger partial charge in [-0.25, -0.2) is 19.7 Å². The first-order valence-electron chi connectivity index (χ1n) is 31.7. The normalized spacial score (nSPS) is 29.8. The number of amides is 3. The lowest BCUT2D eigenvalue weighted by molar-refractivity contribution is -0.209. The number of nitrogens with zero attached hydrogens (tertiary/aromatic N) is 6. The predicted octanol–water partition coefficient (Wildman–Crippen LogP) is 8.32. The molecule has 90 heavy (non-hydrogen) atoms. The lowest BCUT2D eigenvalue weighted by Crippen LogP contribution is -2.58. The van der Waals surface area contributed by atoms with Crippen molar-refractivity contribution in [2.75, 3.05) is 69.6 Å². The van der Waals surface area contributed by atoms with Gasteiger partial charge in [0.25, 0.3) is 17.6 Å². The molecular formula is C66H95ClN8O14S. The fraction of sp³-hybridized carbons (Fsp3) is 0.652. The lowest BCUT2D eigenvalue weighted by Gasteiger charge is -2.38. The number of hydrogen-bond acceptors (Lipinski definition) is 20. The number of aliphatic hydroxyl groups excluding tert-OH is 2. The van der Waals surface area contributed by atoms with E-state index in [-0.39, 0.29) is 73.7 Å². The predicted molar refractivity (Wildman–Crippen MR) is 343 cm³/mol. The van der Waals surface area contributed by atoms with E-state index in [1.54, 1.807) is 33.9 Å². The number of thiazole rings is 1. The molecule has 0 radical (unpaired) electrons. The molecule has 3 aliphatic heterocycles. The molecule has 3 aromatic rings. The first-order chi connectivity index (χ1) is 42.7. The number of aryl methyl sites for hydroxylation is 2. The number of para-hydroxylation sites is 1. The molecule has 24 heteroatoms. The Kier molecular flexibility index (Phi) is 26.0. The molecule has 0 unspecified atom stereocenters. The number of cyclic esters (lactones) is 1. The highest BCUT2D eigenvalue weighted by Crippen LogP contribution is 2.36. The Morgan fingerprint density at radius 1 is 0.856 bits per heavy atom. The molecule has 4 aliphatic rings. The van der Waals surface area contributed by atoms with Gasteiger partial charge in [-0.05, 0) is 127 Å². The van der Waals surface area contributed by atoms with Crippen molar-refractivity contribution < 1.29 is 68.1 Å². The van der Waals surface area contributed by atoms with Gasteiger partial charge >= 0.3 is 5.97 Å². The number of nitrogens with one attached hydrogen (secondary N) is 2. The Bertz CT molecular complexity index is 3020. The third kappa shape index (κ3) is 18.5. The quantitative estimate of drug-likeness (QED) is 0.0382. The fourth-order valence-corrected chi connectivity index (χ4v) is 14.2. The highest BCUT2D eigenvalue weighted by Gasteiger charge is 2.49. The zero-order valence-electron chi connectivity index (χ0n) is 54.1. The molecule has 2 aromatic heterocycles. The number of anilines is 4. The summed E-state index contributed by atoms with van der Waals surface area (Å²) in [7, 11) is 4.63. The van der Waals surface area contributed by atoms with Gasteiger partial charge in [-0.2, -0.15) is 0 Å². The van der Waals surface area contributed by atoms with Crippen molar-refractivity contribution in [3.63, 3.8) is 0 Å². The van der Waals surface area contributed by atoms with E-state index >= 15 is 0 Å². The number of ether oxygens (including phenoxy) is 4. The number of aliphatic hydroxyl groups is 4. The van der Waals surface area contributed by atoms with Crippen LogP contribution in [0.25, 0.3) is 0 Å². The van der Waals surface area contributed by atoms with Crippen LogP contribution < -0.4 is 15.5 Å². The molecule has 3 amide bonds. The van der Waals surface area contributed by atoms with Crippen LogP contribution in [0.3, 0.4) is 0 Å². The maximum Gasteiger partial charge on any atom is 0.329 e. The number of piperazine rings is 1. The van der Waals surface area contributed by atoms with E-state index in [0.717, 1.165) is 16.0 Å². The van der Waals surface area contributed by atoms with E-state index in [1.807, 2.05) is 56.0 Å². The maximum atomic E-state index is 14.8. The largest absolute Gasteiger partial charge is 0.456 e. The average Bonchev–Trinajstić information content (AvgIpc) is 0.944. The number of fused-ring (bicyclic) bond motifs is 1. The molecule has 7 rings (SSSR count). The van der Waals surface area contributed by atoms with Gasteiger partial charge in [0.05, 0.1) is 47.4 Å². The molecule has 2 saturated heterocycles. The van der Waals surface area contributed by atoms with E-state index in [1.165, 1.54) is 38.7 Å². The number of esters is 1. The Balaban J connectivity index is 1.07. The van der Waals surface area contributed by atoms with Crippen LogP contribution >= 0.6 is 22.9 Å². The average molecular weight is 1290 g/mol. The number of carbonyl (C=O) groups excluding carboxylic acids is 6. The monoisotopic (exact) mass is 1290 g/mol. The summed E-state index contributed by atoms with van der Waals surface area (Å²) in [4.78, 5) is 104. The first-order valence-corrected chi connectivity index (χ1v) is 32.9. The van der Waals surface area contributed by atoms with Crippen molar-refractivity contribution in [1.29, 1.82) is 0 Å². The minimum atomic E-state index is -3.12. The number of piperidine rings is 1. The lowest BCUT2D eigenvalue weighted by atomic mass is 9.81. The molecule has 6 N–H and O–H groups in total.